The number of allylic oxidation sites excluding steroid dienone is 2. The van der Waals surface area contributed by atoms with Gasteiger partial charge in [-0.1, -0.05) is 57.6 Å². The van der Waals surface area contributed by atoms with Crippen LogP contribution >= 0.6 is 0 Å². The molecule has 0 fully saturated rings. The topological polar surface area (TPSA) is 159 Å². The van der Waals surface area contributed by atoms with E-state index in [1.54, 1.807) is 6.08 Å². The molecule has 192 valence electrons. The average Bonchev–Trinajstić information content (AvgIpc) is 2.84. The second-order valence-corrected chi connectivity index (χ2v) is 8.26. The van der Waals surface area contributed by atoms with Gasteiger partial charge in [-0.2, -0.15) is 0 Å². The van der Waals surface area contributed by atoms with Crippen LogP contribution in [0.25, 0.3) is 0 Å². The van der Waals surface area contributed by atoms with Gasteiger partial charge < -0.3 is 20.6 Å². The molecule has 0 heterocycles. The first-order chi connectivity index (χ1) is 17.0. The van der Waals surface area contributed by atoms with Crippen LogP contribution in [0.1, 0.15) is 80.2 Å². The van der Waals surface area contributed by atoms with Crippen LogP contribution < -0.4 is 5.32 Å². The number of hydrogen-bond acceptors (Lipinski definition) is 8. The van der Waals surface area contributed by atoms with Crippen LogP contribution in [0.3, 0.4) is 0 Å². The van der Waals surface area contributed by atoms with E-state index in [-0.39, 0.29) is 18.5 Å². The van der Waals surface area contributed by atoms with E-state index in [9.17, 15) is 35.5 Å². The Balaban J connectivity index is 2.60. The van der Waals surface area contributed by atoms with E-state index in [1.807, 2.05) is 0 Å². The van der Waals surface area contributed by atoms with Gasteiger partial charge in [0.1, 0.15) is 11.8 Å². The monoisotopic (exact) mass is 483 g/mol. The fourth-order valence-electron chi connectivity index (χ4n) is 3.48. The number of unbranched alkanes of at least 4 members (excludes halogenated alkanes) is 7. The highest BCUT2D eigenvalue weighted by molar-refractivity contribution is 5.65. The third kappa shape index (κ3) is 11.0. The molecule has 0 saturated heterocycles. The highest BCUT2D eigenvalue weighted by atomic mass is 16.6. The quantitative estimate of drug-likeness (QED) is 0.0939. The summed E-state index contributed by atoms with van der Waals surface area (Å²) in [6.45, 7) is 1.48. The van der Waals surface area contributed by atoms with E-state index in [0.29, 0.717) is 0 Å². The molecule has 3 atom stereocenters. The summed E-state index contributed by atoms with van der Waals surface area (Å²) in [5, 5.41) is 55.2. The van der Waals surface area contributed by atoms with Crippen molar-refractivity contribution in [3.63, 3.8) is 0 Å². The Bertz CT molecular complexity index is 855. The Morgan fingerprint density at radius 2 is 1.71 bits per heavy atom. The highest BCUT2D eigenvalue weighted by Gasteiger charge is 2.28. The molecule has 0 aromatic heterocycles. The molecule has 0 unspecified atom stereocenters. The lowest BCUT2D eigenvalue weighted by atomic mass is 10.0. The van der Waals surface area contributed by atoms with Crippen molar-refractivity contribution in [3.05, 3.63) is 50.6 Å². The highest BCUT2D eigenvalue weighted by Crippen LogP contribution is 2.30. The Morgan fingerprint density at radius 3 is 2.32 bits per heavy atom. The van der Waals surface area contributed by atoms with Crippen LogP contribution in [-0.4, -0.2) is 50.0 Å². The average molecular weight is 484 g/mol. The van der Waals surface area contributed by atoms with Gasteiger partial charge in [0, 0.05) is 8.81 Å². The van der Waals surface area contributed by atoms with Gasteiger partial charge in [-0.15, -0.1) is 0 Å². The minimum Gasteiger partial charge on any atom is -0.394 e. The molecule has 0 amide bonds. The third-order valence-electron chi connectivity index (χ3n) is 5.53. The first-order valence-electron chi connectivity index (χ1n) is 12.9. The van der Waals surface area contributed by atoms with Gasteiger partial charge in [0.25, 0.3) is 11.4 Å². The van der Waals surface area contributed by atoms with Crippen molar-refractivity contribution in [2.45, 2.75) is 95.8 Å². The predicted octanol–water partition coefficient (Wildman–Crippen LogP) is 4.86. The van der Waals surface area contributed by atoms with Crippen molar-refractivity contribution in [2.75, 3.05) is 11.9 Å². The smallest absolute Gasteiger partial charge is 0.299 e. The number of nitrogens with zero attached hydrogens (tertiary/aromatic N) is 2. The van der Waals surface area contributed by atoms with Crippen LogP contribution in [-0.2, 0) is 0 Å². The van der Waals surface area contributed by atoms with Crippen LogP contribution in [0.2, 0.25) is 0 Å². The van der Waals surface area contributed by atoms with E-state index in [4.69, 9.17) is 2.74 Å². The number of anilines is 1. The molecule has 0 aliphatic carbocycles. The van der Waals surface area contributed by atoms with Crippen LogP contribution in [0.5, 0.6) is 0 Å². The summed E-state index contributed by atoms with van der Waals surface area (Å²) in [6, 6.07) is 1.67. The Morgan fingerprint density at radius 1 is 1.03 bits per heavy atom. The molecule has 1 aromatic rings. The zero-order valence-corrected chi connectivity index (χ0v) is 19.8. The van der Waals surface area contributed by atoms with E-state index in [0.717, 1.165) is 37.5 Å². The normalized spacial score (nSPS) is 15.4. The number of aliphatic hydroxyl groups excluding tert-OH is 3. The molecule has 10 heteroatoms. The lowest BCUT2D eigenvalue weighted by molar-refractivity contribution is -0.393. The minimum atomic E-state index is -1.69. The second kappa shape index (κ2) is 17.0. The molecule has 1 aromatic carbocycles. The number of nitro groups is 2. The van der Waals surface area contributed by atoms with Gasteiger partial charge in [-0.3, -0.25) is 20.2 Å². The predicted molar refractivity (Wildman–Crippen MR) is 132 cm³/mol. The standard InChI is InChI=1S/C24H39N3O7/c1-2-3-4-5-6-7-8-9-10-11-12-13-14-23(29)24(30)21(18-28)25-20-16-15-19(26(31)32)17-22(20)27(33)34/h10-11,15-17,21,23-25,28-30H,2-9,12-14,18H2,1H3/b11-10-/t21-,23+,24-/m0/s1/i12D2. The summed E-state index contributed by atoms with van der Waals surface area (Å²) >= 11 is 0. The maximum Gasteiger partial charge on any atom is 0.299 e. The first kappa shape index (κ1) is 26.1. The summed E-state index contributed by atoms with van der Waals surface area (Å²) in [6.07, 6.45) is 7.35. The Hall–Kier alpha value is -2.56. The van der Waals surface area contributed by atoms with Gasteiger partial charge in [-0.25, -0.2) is 0 Å². The zero-order chi connectivity index (χ0) is 27.1. The van der Waals surface area contributed by atoms with Crippen molar-refractivity contribution in [2.24, 2.45) is 0 Å². The molecular weight excluding hydrogens is 442 g/mol. The van der Waals surface area contributed by atoms with Crippen LogP contribution in [0.15, 0.2) is 30.4 Å². The molecule has 0 spiro atoms. The number of benzene rings is 1. The summed E-state index contributed by atoms with van der Waals surface area (Å²) in [7, 11) is 0. The van der Waals surface area contributed by atoms with Gasteiger partial charge in [0.2, 0.25) is 0 Å². The zero-order valence-electron chi connectivity index (χ0n) is 21.8. The third-order valence-corrected chi connectivity index (χ3v) is 5.53. The molecule has 34 heavy (non-hydrogen) atoms. The van der Waals surface area contributed by atoms with Crippen molar-refractivity contribution >= 4 is 17.1 Å². The van der Waals surface area contributed by atoms with Crippen LogP contribution in [0, 0.1) is 20.2 Å². The SMILES string of the molecule is [2H]C([2H])(/C=C\CCCCCCCCC)CC[C@@H](O)[C@@H](O)[C@H](CO)Nc1ccc([N+](=O)[O-])cc1[N+](=O)[O-]. The molecule has 0 saturated carbocycles. The maximum absolute atomic E-state index is 11.3. The second-order valence-electron chi connectivity index (χ2n) is 8.26. The molecule has 0 aliphatic heterocycles. The summed E-state index contributed by atoms with van der Waals surface area (Å²) in [5.41, 5.74) is -1.28. The number of nitro benzene ring substituents is 2. The van der Waals surface area contributed by atoms with E-state index < -0.39 is 52.5 Å². The number of nitrogens with one attached hydrogen (secondary N) is 1. The molecular formula is C24H39N3O7. The van der Waals surface area contributed by atoms with Crippen molar-refractivity contribution in [1.82, 2.24) is 0 Å². The van der Waals surface area contributed by atoms with Gasteiger partial charge >= 0.3 is 0 Å². The van der Waals surface area contributed by atoms with Crippen molar-refractivity contribution in [3.8, 4) is 0 Å². The lowest BCUT2D eigenvalue weighted by Gasteiger charge is -2.27. The molecule has 10 nitrogen and oxygen atoms in total. The lowest BCUT2D eigenvalue weighted by Crippen LogP contribution is -2.44. The molecule has 0 bridgehead atoms. The van der Waals surface area contributed by atoms with Gasteiger partial charge in [-0.05, 0) is 38.1 Å². The number of non-ortho nitro benzene ring substituents is 1. The van der Waals surface area contributed by atoms with E-state index >= 15 is 0 Å². The van der Waals surface area contributed by atoms with Crippen molar-refractivity contribution < 1.29 is 27.9 Å². The summed E-state index contributed by atoms with van der Waals surface area (Å²) in [4.78, 5) is 20.6. The fraction of sp³-hybridized carbons (Fsp3) is 0.667. The molecule has 4 N–H and O–H groups in total. The maximum atomic E-state index is 11.3. The Labute approximate surface area is 203 Å². The number of rotatable bonds is 19. The van der Waals surface area contributed by atoms with E-state index in [2.05, 4.69) is 12.2 Å². The van der Waals surface area contributed by atoms with Crippen molar-refractivity contribution in [1.29, 1.82) is 0 Å². The fourth-order valence-corrected chi connectivity index (χ4v) is 3.48. The number of hydrogen-bond donors (Lipinski definition) is 4. The largest absolute Gasteiger partial charge is 0.394 e. The number of aliphatic hydroxyl groups is 3. The Kier molecular flexibility index (Phi) is 13.0. The summed E-state index contributed by atoms with van der Waals surface area (Å²) in [5.74, 6) is 0. The summed E-state index contributed by atoms with van der Waals surface area (Å²) < 4.78 is 16.2. The molecule has 0 radical (unpaired) electrons. The minimum absolute atomic E-state index is 0.0748. The van der Waals surface area contributed by atoms with Gasteiger partial charge in [0.15, 0.2) is 0 Å². The van der Waals surface area contributed by atoms with Gasteiger partial charge in [0.05, 0.1) is 34.7 Å². The van der Waals surface area contributed by atoms with Crippen LogP contribution in [0.4, 0.5) is 17.1 Å². The first-order valence-corrected chi connectivity index (χ1v) is 11.9. The molecule has 0 aliphatic rings. The molecule has 1 rings (SSSR count). The van der Waals surface area contributed by atoms with E-state index in [1.165, 1.54) is 38.2 Å².